The summed E-state index contributed by atoms with van der Waals surface area (Å²) in [5.74, 6) is -0.935. The van der Waals surface area contributed by atoms with E-state index in [1.54, 1.807) is 0 Å². The molecule has 1 amide bonds. The molecule has 0 spiro atoms. The summed E-state index contributed by atoms with van der Waals surface area (Å²) < 4.78 is 1.03. The van der Waals surface area contributed by atoms with Gasteiger partial charge in [0.15, 0.2) is 0 Å². The van der Waals surface area contributed by atoms with Crippen molar-refractivity contribution in [1.82, 2.24) is 5.32 Å². The van der Waals surface area contributed by atoms with Crippen LogP contribution >= 0.6 is 0 Å². The van der Waals surface area contributed by atoms with Crippen LogP contribution in [0.5, 0.6) is 0 Å². The van der Waals surface area contributed by atoms with Gasteiger partial charge in [-0.3, -0.25) is 4.79 Å². The molecule has 0 aromatic heterocycles. The van der Waals surface area contributed by atoms with E-state index in [1.165, 1.54) is 37.9 Å². The summed E-state index contributed by atoms with van der Waals surface area (Å²) in [5.41, 5.74) is 2.18. The molecule has 1 aromatic rings. The zero-order valence-electron chi connectivity index (χ0n) is 18.6. The van der Waals surface area contributed by atoms with Crippen molar-refractivity contribution in [3.63, 3.8) is 0 Å². The summed E-state index contributed by atoms with van der Waals surface area (Å²) in [6, 6.07) is 7.28. The van der Waals surface area contributed by atoms with Crippen LogP contribution in [0.4, 0.5) is 0 Å². The van der Waals surface area contributed by atoms with Crippen LogP contribution in [0.1, 0.15) is 69.9 Å². The fourth-order valence-corrected chi connectivity index (χ4v) is 4.30. The number of aliphatic carboxylic acids is 1. The van der Waals surface area contributed by atoms with Gasteiger partial charge in [-0.15, -0.1) is 0 Å². The lowest BCUT2D eigenvalue weighted by molar-refractivity contribution is -0.914. The minimum Gasteiger partial charge on any atom is -0.480 e. The Hall–Kier alpha value is -1.88. The molecule has 0 radical (unpaired) electrons. The Bertz CT molecular complexity index is 663. The average Bonchev–Trinajstić information content (AvgIpc) is 2.67. The maximum atomic E-state index is 12.7. The summed E-state index contributed by atoms with van der Waals surface area (Å²) in [4.78, 5) is 24.4. The molecule has 2 N–H and O–H groups in total. The minimum atomic E-state index is -0.945. The zero-order valence-corrected chi connectivity index (χ0v) is 18.6. The van der Waals surface area contributed by atoms with Crippen molar-refractivity contribution in [3.05, 3.63) is 35.4 Å². The van der Waals surface area contributed by atoms with Gasteiger partial charge in [-0.2, -0.15) is 0 Å². The van der Waals surface area contributed by atoms with E-state index in [1.807, 2.05) is 19.1 Å². The molecular weight excluding hydrogens is 364 g/mol. The molecule has 1 heterocycles. The number of rotatable bonds is 10. The van der Waals surface area contributed by atoms with Crippen LogP contribution in [0.3, 0.4) is 0 Å². The highest BCUT2D eigenvalue weighted by Gasteiger charge is 2.27. The first-order chi connectivity index (χ1) is 13.7. The van der Waals surface area contributed by atoms with Gasteiger partial charge in [-0.1, -0.05) is 38.1 Å². The van der Waals surface area contributed by atoms with Crippen LogP contribution in [0.15, 0.2) is 24.3 Å². The molecule has 1 fully saturated rings. The first-order valence-electron chi connectivity index (χ1n) is 11.2. The van der Waals surface area contributed by atoms with E-state index in [9.17, 15) is 14.7 Å². The number of hydrogen-bond donors (Lipinski definition) is 2. The molecule has 5 heteroatoms. The van der Waals surface area contributed by atoms with Gasteiger partial charge in [0.1, 0.15) is 6.04 Å². The number of amides is 1. The Morgan fingerprint density at radius 2 is 1.69 bits per heavy atom. The molecule has 2 atom stereocenters. The Labute approximate surface area is 176 Å². The molecule has 1 saturated heterocycles. The normalized spacial score (nSPS) is 18.2. The maximum absolute atomic E-state index is 12.7. The molecule has 2 unspecified atom stereocenters. The molecule has 0 saturated carbocycles. The van der Waals surface area contributed by atoms with Gasteiger partial charge >= 0.3 is 5.97 Å². The number of nitrogens with one attached hydrogen (secondary N) is 1. The third-order valence-corrected chi connectivity index (χ3v) is 6.22. The van der Waals surface area contributed by atoms with Crippen molar-refractivity contribution < 1.29 is 19.2 Å². The quantitative estimate of drug-likeness (QED) is 0.581. The summed E-state index contributed by atoms with van der Waals surface area (Å²) in [5, 5.41) is 12.3. The largest absolute Gasteiger partial charge is 0.480 e. The molecule has 0 bridgehead atoms. The van der Waals surface area contributed by atoms with Crippen LogP contribution in [0.25, 0.3) is 0 Å². The van der Waals surface area contributed by atoms with Gasteiger partial charge < -0.3 is 14.9 Å². The first kappa shape index (κ1) is 23.4. The van der Waals surface area contributed by atoms with E-state index in [-0.39, 0.29) is 11.8 Å². The Morgan fingerprint density at radius 3 is 2.24 bits per heavy atom. The number of nitrogens with zero attached hydrogens (tertiary/aromatic N) is 1. The number of hydrogen-bond acceptors (Lipinski definition) is 2. The minimum absolute atomic E-state index is 0.215. The molecule has 1 aliphatic heterocycles. The van der Waals surface area contributed by atoms with Gasteiger partial charge in [0.25, 0.3) is 0 Å². The predicted molar refractivity (Wildman–Crippen MR) is 117 cm³/mol. The van der Waals surface area contributed by atoms with Crippen molar-refractivity contribution in [1.29, 1.82) is 0 Å². The number of piperidine rings is 1. The molecule has 1 aliphatic rings. The van der Waals surface area contributed by atoms with Crippen molar-refractivity contribution in [2.45, 2.75) is 71.3 Å². The second-order valence-corrected chi connectivity index (χ2v) is 9.45. The van der Waals surface area contributed by atoms with Crippen LogP contribution < -0.4 is 5.32 Å². The zero-order chi connectivity index (χ0) is 21.4. The third kappa shape index (κ3) is 7.46. The summed E-state index contributed by atoms with van der Waals surface area (Å²) in [6.45, 7) is 9.53. The second kappa shape index (κ2) is 10.8. The summed E-state index contributed by atoms with van der Waals surface area (Å²) in [6.07, 6.45) is 6.12. The third-order valence-electron chi connectivity index (χ3n) is 6.22. The Kier molecular flexibility index (Phi) is 8.69. The van der Waals surface area contributed by atoms with E-state index in [4.69, 9.17) is 0 Å². The lowest BCUT2D eigenvalue weighted by atomic mass is 9.96. The maximum Gasteiger partial charge on any atom is 0.326 e. The van der Waals surface area contributed by atoms with Crippen molar-refractivity contribution in [3.8, 4) is 0 Å². The number of carbonyl (C=O) groups excluding carboxylic acids is 1. The number of carbonyl (C=O) groups is 2. The van der Waals surface area contributed by atoms with Crippen LogP contribution in [0, 0.1) is 5.92 Å². The SMILES string of the molecule is CC(C)Cc1ccc(C(C)C(=O)NC(CCC[N+]2(C)CCCCC2)C(=O)O)cc1. The number of likely N-dealkylation sites (tertiary alicyclic amines) is 1. The van der Waals surface area contributed by atoms with E-state index >= 15 is 0 Å². The fraction of sp³-hybridized carbons (Fsp3) is 0.667. The van der Waals surface area contributed by atoms with Gasteiger partial charge in [0.05, 0.1) is 32.6 Å². The average molecular weight is 404 g/mol. The van der Waals surface area contributed by atoms with Gasteiger partial charge in [0, 0.05) is 0 Å². The summed E-state index contributed by atoms with van der Waals surface area (Å²) in [7, 11) is 2.26. The highest BCUT2D eigenvalue weighted by molar-refractivity contribution is 5.87. The lowest BCUT2D eigenvalue weighted by Gasteiger charge is -2.38. The van der Waals surface area contributed by atoms with Crippen molar-refractivity contribution in [2.75, 3.05) is 26.7 Å². The topological polar surface area (TPSA) is 66.4 Å². The van der Waals surface area contributed by atoms with Crippen molar-refractivity contribution >= 4 is 11.9 Å². The molecule has 2 rings (SSSR count). The van der Waals surface area contributed by atoms with Crippen molar-refractivity contribution in [2.24, 2.45) is 5.92 Å². The highest BCUT2D eigenvalue weighted by atomic mass is 16.4. The van der Waals surface area contributed by atoms with E-state index in [2.05, 4.69) is 38.3 Å². The highest BCUT2D eigenvalue weighted by Crippen LogP contribution is 2.20. The van der Waals surface area contributed by atoms with E-state index in [0.717, 1.165) is 29.4 Å². The number of quaternary nitrogens is 1. The lowest BCUT2D eigenvalue weighted by Crippen LogP contribution is -2.49. The monoisotopic (exact) mass is 403 g/mol. The molecule has 5 nitrogen and oxygen atoms in total. The number of benzene rings is 1. The van der Waals surface area contributed by atoms with E-state index < -0.39 is 12.0 Å². The first-order valence-corrected chi connectivity index (χ1v) is 11.2. The smallest absolute Gasteiger partial charge is 0.326 e. The Balaban J connectivity index is 1.88. The molecule has 162 valence electrons. The molecular formula is C24H39N2O3+. The predicted octanol–water partition coefficient (Wildman–Crippen LogP) is 3.97. The standard InChI is InChI=1S/C24H38N2O3/c1-18(2)17-20-10-12-21(13-11-20)19(3)23(27)25-22(24(28)29)9-8-16-26(4)14-6-5-7-15-26/h10-13,18-19,22H,5-9,14-17H2,1-4H3,(H-,25,27,28,29)/p+1. The molecule has 0 aliphatic carbocycles. The van der Waals surface area contributed by atoms with Crippen LogP contribution in [-0.4, -0.2) is 54.2 Å². The number of carboxylic acid groups (broad SMARTS) is 1. The van der Waals surface area contributed by atoms with E-state index in [0.29, 0.717) is 12.3 Å². The molecule has 1 aromatic carbocycles. The molecule has 29 heavy (non-hydrogen) atoms. The van der Waals surface area contributed by atoms with Gasteiger partial charge in [-0.25, -0.2) is 4.79 Å². The second-order valence-electron chi connectivity index (χ2n) is 9.45. The van der Waals surface area contributed by atoms with Crippen LogP contribution in [-0.2, 0) is 16.0 Å². The fourth-order valence-electron chi connectivity index (χ4n) is 4.30. The summed E-state index contributed by atoms with van der Waals surface area (Å²) >= 11 is 0. The number of carboxylic acids is 1. The van der Waals surface area contributed by atoms with Gasteiger partial charge in [0.2, 0.25) is 5.91 Å². The Morgan fingerprint density at radius 1 is 1.07 bits per heavy atom. The van der Waals surface area contributed by atoms with Crippen LogP contribution in [0.2, 0.25) is 0 Å². The van der Waals surface area contributed by atoms with Gasteiger partial charge in [-0.05, 0) is 62.5 Å².